The number of likely N-dealkylation sites (tertiary alicyclic amines) is 1. The van der Waals surface area contributed by atoms with Crippen LogP contribution < -0.4 is 25.0 Å². The molecule has 0 saturated carbocycles. The number of fused-ring (bicyclic) bond motifs is 1. The smallest absolute Gasteiger partial charge is 0.415 e. The fraction of sp³-hybridized carbons (Fsp3) is 0.370. The molecular formula is C27H29N7O5. The lowest BCUT2D eigenvalue weighted by molar-refractivity contribution is -0.118. The van der Waals surface area contributed by atoms with Gasteiger partial charge in [0.05, 0.1) is 23.6 Å². The maximum Gasteiger partial charge on any atom is 0.415 e. The first-order chi connectivity index (χ1) is 19.0. The minimum absolute atomic E-state index is 0.0493. The van der Waals surface area contributed by atoms with Crippen LogP contribution in [0.25, 0.3) is 11.4 Å². The average Bonchev–Trinajstić information content (AvgIpc) is 3.30. The molecule has 2 fully saturated rings. The molecule has 6 rings (SSSR count). The van der Waals surface area contributed by atoms with Crippen LogP contribution in [0, 0.1) is 0 Å². The van der Waals surface area contributed by atoms with Gasteiger partial charge in [0.15, 0.2) is 18.2 Å². The van der Waals surface area contributed by atoms with E-state index in [-0.39, 0.29) is 24.7 Å². The van der Waals surface area contributed by atoms with Crippen molar-refractivity contribution in [3.8, 4) is 23.0 Å². The summed E-state index contributed by atoms with van der Waals surface area (Å²) in [6.07, 6.45) is 0.0616. The molecule has 12 heteroatoms. The van der Waals surface area contributed by atoms with Crippen molar-refractivity contribution in [3.63, 3.8) is 0 Å². The molecule has 0 unspecified atom stereocenters. The first kappa shape index (κ1) is 25.0. The van der Waals surface area contributed by atoms with Gasteiger partial charge in [-0.1, -0.05) is 12.1 Å². The quantitative estimate of drug-likeness (QED) is 0.396. The van der Waals surface area contributed by atoms with Crippen molar-refractivity contribution in [2.75, 3.05) is 50.1 Å². The number of carbonyl (C=O) groups is 2. The number of hydrogen-bond acceptors (Lipinski definition) is 10. The Hall–Kier alpha value is -4.29. The number of amides is 2. The summed E-state index contributed by atoms with van der Waals surface area (Å²) in [5.41, 5.74) is 2.43. The molecular weight excluding hydrogens is 502 g/mol. The summed E-state index contributed by atoms with van der Waals surface area (Å²) in [4.78, 5) is 41.5. The van der Waals surface area contributed by atoms with Crippen molar-refractivity contribution in [2.45, 2.75) is 25.2 Å². The van der Waals surface area contributed by atoms with Crippen molar-refractivity contribution in [1.29, 1.82) is 0 Å². The van der Waals surface area contributed by atoms with Crippen LogP contribution in [0.5, 0.6) is 11.6 Å². The molecule has 0 aliphatic carbocycles. The lowest BCUT2D eigenvalue weighted by Gasteiger charge is -2.35. The summed E-state index contributed by atoms with van der Waals surface area (Å²) in [7, 11) is 2.06. The second-order valence-electron chi connectivity index (χ2n) is 9.77. The van der Waals surface area contributed by atoms with Crippen LogP contribution in [-0.4, -0.2) is 83.9 Å². The molecule has 0 spiro atoms. The van der Waals surface area contributed by atoms with E-state index in [0.29, 0.717) is 49.3 Å². The van der Waals surface area contributed by atoms with Crippen LogP contribution in [0.1, 0.15) is 12.1 Å². The molecule has 202 valence electrons. The third-order valence-corrected chi connectivity index (χ3v) is 6.67. The van der Waals surface area contributed by atoms with E-state index in [0.717, 1.165) is 30.2 Å². The van der Waals surface area contributed by atoms with E-state index in [1.807, 2.05) is 36.4 Å². The normalized spacial score (nSPS) is 19.1. The molecule has 1 atom stereocenters. The molecule has 2 N–H and O–H groups in total. The highest BCUT2D eigenvalue weighted by atomic mass is 16.6. The van der Waals surface area contributed by atoms with Crippen molar-refractivity contribution in [3.05, 3.63) is 54.2 Å². The topological polar surface area (TPSA) is 131 Å². The summed E-state index contributed by atoms with van der Waals surface area (Å²) < 4.78 is 16.8. The van der Waals surface area contributed by atoms with E-state index in [1.54, 1.807) is 12.1 Å². The molecule has 12 nitrogen and oxygen atoms in total. The Morgan fingerprint density at radius 2 is 1.85 bits per heavy atom. The molecule has 0 aromatic carbocycles. The Morgan fingerprint density at radius 1 is 1.03 bits per heavy atom. The number of aromatic nitrogens is 3. The molecule has 0 radical (unpaired) electrons. The number of pyridine rings is 3. The van der Waals surface area contributed by atoms with E-state index >= 15 is 0 Å². The molecule has 2 amide bonds. The van der Waals surface area contributed by atoms with Gasteiger partial charge in [-0.05, 0) is 50.3 Å². The van der Waals surface area contributed by atoms with Crippen molar-refractivity contribution >= 4 is 23.6 Å². The highest BCUT2D eigenvalue weighted by Crippen LogP contribution is 2.30. The van der Waals surface area contributed by atoms with Gasteiger partial charge in [0.25, 0.3) is 5.91 Å². The van der Waals surface area contributed by atoms with E-state index < -0.39 is 6.09 Å². The third-order valence-electron chi connectivity index (χ3n) is 6.67. The summed E-state index contributed by atoms with van der Waals surface area (Å²) in [6, 6.07) is 15.0. The first-order valence-corrected chi connectivity index (χ1v) is 12.9. The van der Waals surface area contributed by atoms with E-state index in [2.05, 4.69) is 32.5 Å². The molecule has 0 bridgehead atoms. The summed E-state index contributed by atoms with van der Waals surface area (Å²) >= 11 is 0. The summed E-state index contributed by atoms with van der Waals surface area (Å²) in [5.74, 6) is 1.51. The van der Waals surface area contributed by atoms with Gasteiger partial charge in [0.2, 0.25) is 5.88 Å². The number of cyclic esters (lactones) is 1. The van der Waals surface area contributed by atoms with Gasteiger partial charge in [0, 0.05) is 25.7 Å². The second-order valence-corrected chi connectivity index (χ2v) is 9.77. The predicted octanol–water partition coefficient (Wildman–Crippen LogP) is 2.07. The number of ether oxygens (including phenoxy) is 3. The highest BCUT2D eigenvalue weighted by molar-refractivity contribution is 5.95. The largest absolute Gasteiger partial charge is 0.480 e. The first-order valence-electron chi connectivity index (χ1n) is 12.9. The molecule has 2 saturated heterocycles. The standard InChI is InChI=1S/C27H29N7O5/c1-33-13-19(14-33)38-25-7-3-6-21(30-25)20-5-2-4-17(29-20)12-28-11-10-18-15-34(27(36)39-18)23-9-8-22-26(31-23)32-24(35)16-37-22/h2-9,18-19,28H,10-16H2,1H3,(H,31,32,35)/t18-/m0/s1. The number of hydrogen-bond donors (Lipinski definition) is 2. The summed E-state index contributed by atoms with van der Waals surface area (Å²) in [6.45, 7) is 3.33. The van der Waals surface area contributed by atoms with Crippen molar-refractivity contribution in [1.82, 2.24) is 25.2 Å². The van der Waals surface area contributed by atoms with Crippen LogP contribution in [0.2, 0.25) is 0 Å². The van der Waals surface area contributed by atoms with Gasteiger partial charge in [-0.15, -0.1) is 0 Å². The monoisotopic (exact) mass is 531 g/mol. The van der Waals surface area contributed by atoms with E-state index in [1.165, 1.54) is 4.90 Å². The number of likely N-dealkylation sites (N-methyl/N-ethyl adjacent to an activating group) is 1. The van der Waals surface area contributed by atoms with Gasteiger partial charge in [-0.3, -0.25) is 14.6 Å². The minimum Gasteiger partial charge on any atom is -0.480 e. The van der Waals surface area contributed by atoms with Crippen molar-refractivity contribution in [2.24, 2.45) is 0 Å². The van der Waals surface area contributed by atoms with E-state index in [9.17, 15) is 9.59 Å². The number of nitrogens with zero attached hydrogens (tertiary/aromatic N) is 5. The van der Waals surface area contributed by atoms with Crippen LogP contribution >= 0.6 is 0 Å². The fourth-order valence-electron chi connectivity index (χ4n) is 4.67. The number of rotatable bonds is 9. The van der Waals surface area contributed by atoms with Crippen LogP contribution in [0.4, 0.5) is 16.4 Å². The molecule has 3 aliphatic heterocycles. The van der Waals surface area contributed by atoms with Crippen LogP contribution in [0.15, 0.2) is 48.5 Å². The van der Waals surface area contributed by atoms with Gasteiger partial charge >= 0.3 is 6.09 Å². The Morgan fingerprint density at radius 3 is 2.69 bits per heavy atom. The Labute approximate surface area is 225 Å². The zero-order chi connectivity index (χ0) is 26.8. The Balaban J connectivity index is 0.996. The Bertz CT molecular complexity index is 1380. The molecule has 3 aromatic rings. The van der Waals surface area contributed by atoms with Gasteiger partial charge in [0.1, 0.15) is 18.0 Å². The van der Waals surface area contributed by atoms with Crippen LogP contribution in [-0.2, 0) is 16.1 Å². The maximum atomic E-state index is 12.5. The zero-order valence-corrected chi connectivity index (χ0v) is 21.5. The molecule has 3 aliphatic rings. The van der Waals surface area contributed by atoms with Crippen LogP contribution in [0.3, 0.4) is 0 Å². The molecule has 39 heavy (non-hydrogen) atoms. The second kappa shape index (κ2) is 10.8. The number of anilines is 2. The summed E-state index contributed by atoms with van der Waals surface area (Å²) in [5, 5.41) is 6.03. The molecule has 6 heterocycles. The zero-order valence-electron chi connectivity index (χ0n) is 21.5. The lowest BCUT2D eigenvalue weighted by Crippen LogP contribution is -2.51. The molecule has 3 aromatic heterocycles. The van der Waals surface area contributed by atoms with E-state index in [4.69, 9.17) is 19.2 Å². The van der Waals surface area contributed by atoms with Gasteiger partial charge in [-0.25, -0.2) is 19.7 Å². The van der Waals surface area contributed by atoms with Gasteiger partial charge < -0.3 is 24.8 Å². The highest BCUT2D eigenvalue weighted by Gasteiger charge is 2.33. The predicted molar refractivity (Wildman–Crippen MR) is 142 cm³/mol. The minimum atomic E-state index is -0.465. The maximum absolute atomic E-state index is 12.5. The van der Waals surface area contributed by atoms with Gasteiger partial charge in [-0.2, -0.15) is 0 Å². The average molecular weight is 532 g/mol. The number of carbonyl (C=O) groups excluding carboxylic acids is 2. The van der Waals surface area contributed by atoms with Crippen molar-refractivity contribution < 1.29 is 23.8 Å². The number of nitrogens with one attached hydrogen (secondary N) is 2. The lowest BCUT2D eigenvalue weighted by atomic mass is 10.2. The fourth-order valence-corrected chi connectivity index (χ4v) is 4.67. The Kier molecular flexibility index (Phi) is 6.95. The SMILES string of the molecule is CN1CC(Oc2cccc(-c3cccc(CNCC[C@H]4CN(c5ccc6c(n5)NC(=O)CO6)C(=O)O4)n3)n2)C1. The third kappa shape index (κ3) is 5.76.